The molecular weight excluding hydrogens is 542 g/mol. The molecule has 11 heteroatoms. The summed E-state index contributed by atoms with van der Waals surface area (Å²) in [6.45, 7) is 2.43. The number of rotatable bonds is 15. The van der Waals surface area contributed by atoms with Gasteiger partial charge in [-0.3, -0.25) is 9.59 Å². The molecule has 0 bridgehead atoms. The van der Waals surface area contributed by atoms with Crippen molar-refractivity contribution in [1.29, 1.82) is 0 Å². The van der Waals surface area contributed by atoms with Crippen LogP contribution >= 0.6 is 0 Å². The SMILES string of the molecule is COC(=O)CCCOc1cc(NC(=O)Cc2ccc(NC(=O)Nc3ccccc3C)c(OC)c2)ccc1OCCCO. The number of anilines is 3. The summed E-state index contributed by atoms with van der Waals surface area (Å²) < 4.78 is 21.6. The van der Waals surface area contributed by atoms with Crippen molar-refractivity contribution in [1.82, 2.24) is 0 Å². The number of aryl methyl sites for hydroxylation is 1. The normalized spacial score (nSPS) is 10.4. The van der Waals surface area contributed by atoms with Gasteiger partial charge in [-0.1, -0.05) is 24.3 Å². The van der Waals surface area contributed by atoms with Gasteiger partial charge in [0.2, 0.25) is 5.91 Å². The Balaban J connectivity index is 1.62. The van der Waals surface area contributed by atoms with E-state index < -0.39 is 6.03 Å². The number of benzene rings is 3. The summed E-state index contributed by atoms with van der Waals surface area (Å²) in [7, 11) is 2.82. The number of nitrogens with one attached hydrogen (secondary N) is 3. The first-order chi connectivity index (χ1) is 20.3. The van der Waals surface area contributed by atoms with Crippen molar-refractivity contribution in [3.05, 3.63) is 71.8 Å². The van der Waals surface area contributed by atoms with E-state index in [-0.39, 0.29) is 37.9 Å². The van der Waals surface area contributed by atoms with Crippen molar-refractivity contribution in [2.75, 3.05) is 50.0 Å². The van der Waals surface area contributed by atoms with Crippen molar-refractivity contribution >= 4 is 35.0 Å². The number of para-hydroxylation sites is 1. The Bertz CT molecular complexity index is 1360. The summed E-state index contributed by atoms with van der Waals surface area (Å²) in [6, 6.07) is 17.1. The second-order valence-corrected chi connectivity index (χ2v) is 9.27. The molecular formula is C31H37N3O8. The molecule has 3 aromatic rings. The van der Waals surface area contributed by atoms with E-state index in [2.05, 4.69) is 20.7 Å². The molecule has 0 fully saturated rings. The van der Waals surface area contributed by atoms with Crippen LogP contribution in [0, 0.1) is 6.92 Å². The zero-order valence-corrected chi connectivity index (χ0v) is 24.0. The summed E-state index contributed by atoms with van der Waals surface area (Å²) in [5.41, 5.74) is 3.26. The van der Waals surface area contributed by atoms with Crippen molar-refractivity contribution in [3.63, 3.8) is 0 Å². The van der Waals surface area contributed by atoms with Crippen LogP contribution in [0.2, 0.25) is 0 Å². The second-order valence-electron chi connectivity index (χ2n) is 9.27. The number of carbonyl (C=O) groups excluding carboxylic acids is 3. The Labute approximate surface area is 245 Å². The maximum atomic E-state index is 12.9. The van der Waals surface area contributed by atoms with Crippen LogP contribution in [0.15, 0.2) is 60.7 Å². The van der Waals surface area contributed by atoms with Gasteiger partial charge in [0, 0.05) is 36.9 Å². The van der Waals surface area contributed by atoms with Gasteiger partial charge in [0.25, 0.3) is 0 Å². The van der Waals surface area contributed by atoms with Crippen LogP contribution in [0.25, 0.3) is 0 Å². The minimum Gasteiger partial charge on any atom is -0.495 e. The highest BCUT2D eigenvalue weighted by atomic mass is 16.5. The summed E-state index contributed by atoms with van der Waals surface area (Å²) in [4.78, 5) is 36.8. The Morgan fingerprint density at radius 3 is 2.26 bits per heavy atom. The van der Waals surface area contributed by atoms with Gasteiger partial charge in [-0.25, -0.2) is 4.79 Å². The molecule has 0 aliphatic heterocycles. The first-order valence-electron chi connectivity index (χ1n) is 13.5. The summed E-state index contributed by atoms with van der Waals surface area (Å²) >= 11 is 0. The van der Waals surface area contributed by atoms with E-state index in [1.165, 1.54) is 14.2 Å². The van der Waals surface area contributed by atoms with Crippen molar-refractivity contribution in [3.8, 4) is 17.2 Å². The number of carbonyl (C=O) groups is 3. The molecule has 0 spiro atoms. The van der Waals surface area contributed by atoms with Gasteiger partial charge in [-0.2, -0.15) is 0 Å². The third-order valence-corrected chi connectivity index (χ3v) is 6.07. The van der Waals surface area contributed by atoms with Crippen molar-refractivity contribution in [2.45, 2.75) is 32.6 Å². The molecule has 4 N–H and O–H groups in total. The van der Waals surface area contributed by atoms with Gasteiger partial charge >= 0.3 is 12.0 Å². The van der Waals surface area contributed by atoms with Crippen LogP contribution in [0.3, 0.4) is 0 Å². The molecule has 0 saturated carbocycles. The number of aliphatic hydroxyl groups is 1. The number of esters is 1. The number of urea groups is 1. The summed E-state index contributed by atoms with van der Waals surface area (Å²) in [6.07, 6.45) is 1.16. The van der Waals surface area contributed by atoms with Crippen molar-refractivity contribution < 1.29 is 38.4 Å². The van der Waals surface area contributed by atoms with E-state index in [0.29, 0.717) is 59.3 Å². The zero-order valence-electron chi connectivity index (χ0n) is 24.0. The van der Waals surface area contributed by atoms with Gasteiger partial charge < -0.3 is 40.0 Å². The molecule has 3 amide bonds. The number of methoxy groups -OCH3 is 2. The minimum absolute atomic E-state index is 0.00807. The highest BCUT2D eigenvalue weighted by Crippen LogP contribution is 2.31. The molecule has 11 nitrogen and oxygen atoms in total. The first-order valence-corrected chi connectivity index (χ1v) is 13.5. The van der Waals surface area contributed by atoms with Crippen LogP contribution in [-0.2, 0) is 20.7 Å². The first kappa shape index (κ1) is 31.8. The molecule has 224 valence electrons. The fraction of sp³-hybridized carbons (Fsp3) is 0.323. The fourth-order valence-electron chi connectivity index (χ4n) is 3.89. The predicted octanol–water partition coefficient (Wildman–Crippen LogP) is 4.92. The molecule has 0 aliphatic carbocycles. The Morgan fingerprint density at radius 1 is 0.786 bits per heavy atom. The van der Waals surface area contributed by atoms with Crippen LogP contribution < -0.4 is 30.2 Å². The summed E-state index contributed by atoms with van der Waals surface area (Å²) in [5.74, 6) is 0.661. The van der Waals surface area contributed by atoms with E-state index in [1.807, 2.05) is 31.2 Å². The topological polar surface area (TPSA) is 144 Å². The lowest BCUT2D eigenvalue weighted by atomic mass is 10.1. The van der Waals surface area contributed by atoms with Crippen LogP contribution in [-0.4, -0.2) is 57.1 Å². The molecule has 42 heavy (non-hydrogen) atoms. The molecule has 0 atom stereocenters. The number of amides is 3. The van der Waals surface area contributed by atoms with E-state index >= 15 is 0 Å². The minimum atomic E-state index is -0.416. The van der Waals surface area contributed by atoms with Gasteiger partial charge in [-0.05, 0) is 54.8 Å². The third-order valence-electron chi connectivity index (χ3n) is 6.07. The Hall–Kier alpha value is -4.77. The average Bonchev–Trinajstić information content (AvgIpc) is 2.98. The highest BCUT2D eigenvalue weighted by molar-refractivity contribution is 6.01. The van der Waals surface area contributed by atoms with Gasteiger partial charge in [-0.15, -0.1) is 0 Å². The van der Waals surface area contributed by atoms with E-state index in [4.69, 9.17) is 19.3 Å². The molecule has 0 aliphatic rings. The lowest BCUT2D eigenvalue weighted by molar-refractivity contribution is -0.140. The van der Waals surface area contributed by atoms with E-state index in [0.717, 1.165) is 5.56 Å². The van der Waals surface area contributed by atoms with Crippen LogP contribution in [0.5, 0.6) is 17.2 Å². The standard InChI is InChI=1S/C31H37N3O8/c1-21-8-4-5-9-24(21)33-31(38)34-25-13-11-22(18-27(25)39-2)19-29(36)32-23-12-14-26(41-17-7-15-35)28(20-23)42-16-6-10-30(37)40-3/h4-5,8-9,11-14,18,20,35H,6-7,10,15-17,19H2,1-3H3,(H,32,36)(H2,33,34,38). The summed E-state index contributed by atoms with van der Waals surface area (Å²) in [5, 5.41) is 17.5. The predicted molar refractivity (Wildman–Crippen MR) is 160 cm³/mol. The van der Waals surface area contributed by atoms with Gasteiger partial charge in [0.15, 0.2) is 11.5 Å². The highest BCUT2D eigenvalue weighted by Gasteiger charge is 2.14. The smallest absolute Gasteiger partial charge is 0.323 e. The Morgan fingerprint density at radius 2 is 1.52 bits per heavy atom. The lowest BCUT2D eigenvalue weighted by Crippen LogP contribution is -2.20. The molecule has 0 heterocycles. The molecule has 3 aromatic carbocycles. The quantitative estimate of drug-likeness (QED) is 0.147. The molecule has 3 rings (SSSR count). The molecule has 0 saturated heterocycles. The lowest BCUT2D eigenvalue weighted by Gasteiger charge is -2.15. The maximum Gasteiger partial charge on any atom is 0.323 e. The van der Waals surface area contributed by atoms with Crippen LogP contribution in [0.1, 0.15) is 30.4 Å². The van der Waals surface area contributed by atoms with E-state index in [1.54, 1.807) is 36.4 Å². The number of aliphatic hydroxyl groups excluding tert-OH is 1. The molecule has 0 unspecified atom stereocenters. The fourth-order valence-corrected chi connectivity index (χ4v) is 3.89. The molecule has 0 radical (unpaired) electrons. The monoisotopic (exact) mass is 579 g/mol. The average molecular weight is 580 g/mol. The van der Waals surface area contributed by atoms with E-state index in [9.17, 15) is 14.4 Å². The van der Waals surface area contributed by atoms with Crippen LogP contribution in [0.4, 0.5) is 21.9 Å². The third kappa shape index (κ3) is 10.0. The molecule has 0 aromatic heterocycles. The number of hydrogen-bond acceptors (Lipinski definition) is 8. The maximum absolute atomic E-state index is 12.9. The number of ether oxygens (including phenoxy) is 4. The van der Waals surface area contributed by atoms with Gasteiger partial charge in [0.05, 0.1) is 39.5 Å². The largest absolute Gasteiger partial charge is 0.495 e. The zero-order chi connectivity index (χ0) is 30.3. The second kappa shape index (κ2) is 16.5. The van der Waals surface area contributed by atoms with Crippen molar-refractivity contribution in [2.24, 2.45) is 0 Å². The Kier molecular flexibility index (Phi) is 12.5. The van der Waals surface area contributed by atoms with Gasteiger partial charge in [0.1, 0.15) is 5.75 Å². The number of hydrogen-bond donors (Lipinski definition) is 4.